The molecule has 3 amide bonds. The topological polar surface area (TPSA) is 155 Å². The first-order valence-corrected chi connectivity index (χ1v) is 16.8. The lowest BCUT2D eigenvalue weighted by Crippen LogP contribution is -2.54. The third-order valence-electron chi connectivity index (χ3n) is 9.42. The molecule has 2 atom stereocenters. The van der Waals surface area contributed by atoms with Crippen molar-refractivity contribution in [3.05, 3.63) is 51.3 Å². The number of carbonyl (C=O) groups is 5. The van der Waals surface area contributed by atoms with Crippen LogP contribution in [0.1, 0.15) is 60.4 Å². The van der Waals surface area contributed by atoms with Crippen LogP contribution in [0.5, 0.6) is 17.2 Å². The highest BCUT2D eigenvalue weighted by molar-refractivity contribution is 6.42. The van der Waals surface area contributed by atoms with Crippen LogP contribution in [0.15, 0.2) is 24.3 Å². The fraction of sp³-hybridized carbons (Fsp3) is 0.485. The van der Waals surface area contributed by atoms with E-state index in [9.17, 15) is 29.1 Å². The highest BCUT2D eigenvalue weighted by Gasteiger charge is 2.48. The zero-order valence-electron chi connectivity index (χ0n) is 26.6. The molecule has 0 radical (unpaired) electrons. The van der Waals surface area contributed by atoms with E-state index in [0.29, 0.717) is 29.6 Å². The number of likely N-dealkylation sites (tertiary alicyclic amines) is 1. The number of halogens is 3. The van der Waals surface area contributed by atoms with Gasteiger partial charge in [-0.05, 0) is 49.9 Å². The molecule has 4 heterocycles. The van der Waals surface area contributed by atoms with E-state index < -0.39 is 70.9 Å². The molecule has 2 saturated heterocycles. The second kappa shape index (κ2) is 14.1. The van der Waals surface area contributed by atoms with Crippen LogP contribution in [0, 0.1) is 5.82 Å². The van der Waals surface area contributed by atoms with Gasteiger partial charge in [0, 0.05) is 57.8 Å². The average Bonchev–Trinajstić information content (AvgIpc) is 3.07. The smallest absolute Gasteiger partial charge is 0.344 e. The number of hydrogen-bond acceptors (Lipinski definition) is 10. The van der Waals surface area contributed by atoms with E-state index in [4.69, 9.17) is 37.4 Å². The minimum Gasteiger partial charge on any atom is -0.423 e. The Morgan fingerprint density at radius 3 is 2.45 bits per heavy atom. The Balaban J connectivity index is 1.23. The van der Waals surface area contributed by atoms with Gasteiger partial charge in [-0.1, -0.05) is 29.3 Å². The molecule has 4 aliphatic heterocycles. The number of nitrogens with zero attached hydrogens (tertiary/aromatic N) is 3. The molecule has 13 nitrogen and oxygen atoms in total. The molecule has 0 spiro atoms. The number of esters is 3. The molecule has 262 valence electrons. The number of piperidine rings is 1. The Bertz CT molecular complexity index is 1700. The van der Waals surface area contributed by atoms with Crippen LogP contribution in [0.4, 0.5) is 9.18 Å². The van der Waals surface area contributed by atoms with Crippen molar-refractivity contribution in [1.82, 2.24) is 20.0 Å². The van der Waals surface area contributed by atoms with Crippen LogP contribution in [0.3, 0.4) is 0 Å². The minimum atomic E-state index is -2.66. The molecule has 2 aromatic rings. The van der Waals surface area contributed by atoms with E-state index in [1.54, 1.807) is 12.1 Å². The molecule has 2 unspecified atom stereocenters. The Labute approximate surface area is 291 Å². The van der Waals surface area contributed by atoms with Crippen LogP contribution >= 0.6 is 23.2 Å². The first kappa shape index (κ1) is 34.9. The van der Waals surface area contributed by atoms with Gasteiger partial charge in [-0.15, -0.1) is 0 Å². The average molecular weight is 722 g/mol. The number of aliphatic hydroxyl groups is 1. The Morgan fingerprint density at radius 1 is 1.04 bits per heavy atom. The Morgan fingerprint density at radius 2 is 1.76 bits per heavy atom. The first-order valence-electron chi connectivity index (χ1n) is 16.0. The maximum absolute atomic E-state index is 15.4. The molecule has 4 aliphatic rings. The number of nitrogens with one attached hydrogen (secondary N) is 1. The molecule has 0 aromatic heterocycles. The summed E-state index contributed by atoms with van der Waals surface area (Å²) < 4.78 is 30.9. The summed E-state index contributed by atoms with van der Waals surface area (Å²) in [7, 11) is 1.50. The Kier molecular flexibility index (Phi) is 10.0. The van der Waals surface area contributed by atoms with Crippen molar-refractivity contribution in [2.24, 2.45) is 0 Å². The number of likely N-dealkylation sites (N-methyl/N-ethyl adjacent to an activating group) is 1. The number of benzene rings is 2. The molecule has 49 heavy (non-hydrogen) atoms. The number of urea groups is 1. The lowest BCUT2D eigenvalue weighted by Gasteiger charge is -2.40. The summed E-state index contributed by atoms with van der Waals surface area (Å²) in [5, 5.41) is 14.3. The van der Waals surface area contributed by atoms with Crippen molar-refractivity contribution in [2.75, 3.05) is 46.3 Å². The van der Waals surface area contributed by atoms with E-state index in [-0.39, 0.29) is 24.5 Å². The third-order valence-corrected chi connectivity index (χ3v) is 10.2. The second-order valence-electron chi connectivity index (χ2n) is 12.8. The molecule has 0 aliphatic carbocycles. The highest BCUT2D eigenvalue weighted by atomic mass is 35.5. The van der Waals surface area contributed by atoms with Gasteiger partial charge in [0.25, 0.3) is 5.91 Å². The third kappa shape index (κ3) is 7.32. The number of ether oxygens (including phenoxy) is 3. The zero-order valence-corrected chi connectivity index (χ0v) is 28.1. The van der Waals surface area contributed by atoms with Gasteiger partial charge in [0.2, 0.25) is 11.6 Å². The fourth-order valence-electron chi connectivity index (χ4n) is 6.74. The van der Waals surface area contributed by atoms with Crippen LogP contribution in [0.2, 0.25) is 10.0 Å². The van der Waals surface area contributed by atoms with E-state index in [0.717, 1.165) is 50.5 Å². The summed E-state index contributed by atoms with van der Waals surface area (Å²) in [5.74, 6) is -8.60. The largest absolute Gasteiger partial charge is 0.423 e. The highest BCUT2D eigenvalue weighted by Crippen LogP contribution is 2.44. The normalized spacial score (nSPS) is 22.2. The van der Waals surface area contributed by atoms with Crippen LogP contribution < -0.4 is 19.5 Å². The maximum atomic E-state index is 15.4. The summed E-state index contributed by atoms with van der Waals surface area (Å²) in [6, 6.07) is 6.29. The second-order valence-corrected chi connectivity index (χ2v) is 13.6. The van der Waals surface area contributed by atoms with Gasteiger partial charge < -0.3 is 39.3 Å². The number of hydrogen-bond donors (Lipinski definition) is 2. The summed E-state index contributed by atoms with van der Waals surface area (Å²) in [6.45, 7) is 3.83. The Hall–Kier alpha value is -3.98. The van der Waals surface area contributed by atoms with Crippen molar-refractivity contribution in [3.63, 3.8) is 0 Å². The molecule has 16 heteroatoms. The predicted molar refractivity (Wildman–Crippen MR) is 172 cm³/mol. The van der Waals surface area contributed by atoms with Crippen LogP contribution in [-0.4, -0.2) is 108 Å². The van der Waals surface area contributed by atoms with Gasteiger partial charge in [-0.2, -0.15) is 4.39 Å². The van der Waals surface area contributed by atoms with Crippen molar-refractivity contribution >= 4 is 53.0 Å². The van der Waals surface area contributed by atoms with E-state index in [1.165, 1.54) is 11.9 Å². The minimum absolute atomic E-state index is 0.0156. The van der Waals surface area contributed by atoms with Crippen molar-refractivity contribution in [3.8, 4) is 17.2 Å². The lowest BCUT2D eigenvalue weighted by atomic mass is 9.93. The lowest BCUT2D eigenvalue weighted by molar-refractivity contribution is -0.168. The van der Waals surface area contributed by atoms with Gasteiger partial charge in [0.15, 0.2) is 17.1 Å². The van der Waals surface area contributed by atoms with Gasteiger partial charge in [-0.25, -0.2) is 9.59 Å². The molecule has 3 bridgehead atoms. The number of carbonyl (C=O) groups excluding carboxylic acids is 5. The quantitative estimate of drug-likeness (QED) is 0.306. The van der Waals surface area contributed by atoms with E-state index in [2.05, 4.69) is 10.2 Å². The summed E-state index contributed by atoms with van der Waals surface area (Å²) in [5.41, 5.74) is -2.24. The molecule has 0 saturated carbocycles. The van der Waals surface area contributed by atoms with E-state index in [1.807, 2.05) is 11.0 Å². The van der Waals surface area contributed by atoms with Crippen molar-refractivity contribution < 1.29 is 47.7 Å². The number of amides is 3. The number of rotatable bonds is 8. The molecule has 2 N–H and O–H groups in total. The summed E-state index contributed by atoms with van der Waals surface area (Å²) in [4.78, 5) is 70.0. The summed E-state index contributed by atoms with van der Waals surface area (Å²) in [6.07, 6.45) is 1.20. The fourth-order valence-corrected chi connectivity index (χ4v) is 7.04. The van der Waals surface area contributed by atoms with Crippen LogP contribution in [0.25, 0.3) is 0 Å². The van der Waals surface area contributed by atoms with Crippen molar-refractivity contribution in [2.45, 2.75) is 56.1 Å². The van der Waals surface area contributed by atoms with Crippen LogP contribution in [-0.2, 0) is 14.4 Å². The van der Waals surface area contributed by atoms with Gasteiger partial charge in [0.05, 0.1) is 28.5 Å². The van der Waals surface area contributed by atoms with Crippen molar-refractivity contribution in [1.29, 1.82) is 0 Å². The molecular formula is C33H35Cl2FN4O9. The number of fused-ring (bicyclic) bond motifs is 3. The SMILES string of the molecule is CN(CC(CCN1CCC(N2CCCNC2=O)CC1)c1ccc(Cl)c(Cl)c1)C(=O)c1cc2c(F)c3c1OC(=O)CC(O)(CC(=O)O2)C(=O)O3. The first-order chi connectivity index (χ1) is 23.3. The molecule has 6 rings (SSSR count). The maximum Gasteiger partial charge on any atom is 0.344 e. The molecule has 2 aromatic carbocycles. The van der Waals surface area contributed by atoms with Gasteiger partial charge in [0.1, 0.15) is 0 Å². The summed E-state index contributed by atoms with van der Waals surface area (Å²) >= 11 is 12.6. The molecular weight excluding hydrogens is 686 g/mol. The zero-order chi connectivity index (χ0) is 35.0. The predicted octanol–water partition coefficient (Wildman–Crippen LogP) is 3.51. The molecule has 2 fully saturated rings. The standard InChI is InChI=1S/C33H35Cl2FN4O9/c1-38(30(43)21-14-24-27(36)29-28(21)48-26(42)16-33(46,31(44)49-29)15-25(41)47-24)17-19(18-3-4-22(34)23(35)13-18)5-10-39-11-6-20(7-12-39)40-9-2-8-37-32(40)45/h3-4,13-14,19-20,46H,2,5-12,15-17H2,1H3,(H,37,45). The van der Waals surface area contributed by atoms with Gasteiger partial charge in [-0.3, -0.25) is 14.4 Å². The van der Waals surface area contributed by atoms with Gasteiger partial charge >= 0.3 is 23.9 Å². The monoisotopic (exact) mass is 720 g/mol. The van der Waals surface area contributed by atoms with E-state index >= 15 is 4.39 Å².